The van der Waals surface area contributed by atoms with Crippen molar-refractivity contribution in [2.45, 2.75) is 56.9 Å². The van der Waals surface area contributed by atoms with Gasteiger partial charge in [0.1, 0.15) is 12.3 Å². The van der Waals surface area contributed by atoms with E-state index < -0.39 is 22.5 Å². The highest BCUT2D eigenvalue weighted by Gasteiger charge is 2.28. The Hall–Kier alpha value is -4.18. The van der Waals surface area contributed by atoms with Gasteiger partial charge in [0.05, 0.1) is 16.8 Å². The van der Waals surface area contributed by atoms with E-state index in [1.165, 1.54) is 24.8 Å². The summed E-state index contributed by atoms with van der Waals surface area (Å²) >= 11 is 0. The van der Waals surface area contributed by atoms with Crippen molar-refractivity contribution in [1.29, 1.82) is 0 Å². The highest BCUT2D eigenvalue weighted by atomic mass is 32.2. The van der Waals surface area contributed by atoms with E-state index in [1.807, 2.05) is 26.0 Å². The van der Waals surface area contributed by atoms with Crippen LogP contribution in [0.1, 0.15) is 48.8 Å². The summed E-state index contributed by atoms with van der Waals surface area (Å²) in [7, 11) is -4.01. The first-order valence-electron chi connectivity index (χ1n) is 13.7. The number of sulfonamides is 1. The van der Waals surface area contributed by atoms with E-state index in [0.717, 1.165) is 41.1 Å². The zero-order valence-corrected chi connectivity index (χ0v) is 24.2. The van der Waals surface area contributed by atoms with Crippen molar-refractivity contribution in [3.05, 3.63) is 89.5 Å². The van der Waals surface area contributed by atoms with Crippen molar-refractivity contribution in [1.82, 2.24) is 10.7 Å². The monoisotopic (exact) mass is 576 g/mol. The third kappa shape index (κ3) is 8.40. The second-order valence-corrected chi connectivity index (χ2v) is 12.0. The predicted molar refractivity (Wildman–Crippen MR) is 160 cm³/mol. The largest absolute Gasteiger partial charge is 0.484 e. The van der Waals surface area contributed by atoms with Crippen molar-refractivity contribution >= 4 is 33.7 Å². The molecule has 3 aromatic rings. The number of nitrogens with zero attached hydrogens (tertiary/aromatic N) is 2. The maximum absolute atomic E-state index is 13.5. The maximum Gasteiger partial charge on any atom is 0.264 e. The van der Waals surface area contributed by atoms with Gasteiger partial charge in [0.25, 0.3) is 21.8 Å². The van der Waals surface area contributed by atoms with E-state index in [0.29, 0.717) is 17.0 Å². The molecule has 0 saturated heterocycles. The van der Waals surface area contributed by atoms with Crippen molar-refractivity contribution in [3.8, 4) is 5.75 Å². The standard InChI is InChI=1S/C31H36N4O5S/c1-23-13-18-29(24(2)19-23)35(41(38,39)28-11-7-4-8-12-28)21-30(36)34-32-20-25-14-16-27(17-15-25)40-22-31(37)33-26-9-5-3-6-10-26/h4,7-8,11-20,26H,3,5-6,9-10,21-22H2,1-2H3,(H,33,37)(H,34,36)/b32-20-. The molecule has 2 N–H and O–H groups in total. The number of anilines is 1. The molecule has 0 atom stereocenters. The van der Waals surface area contributed by atoms with E-state index in [9.17, 15) is 18.0 Å². The summed E-state index contributed by atoms with van der Waals surface area (Å²) in [6.45, 7) is 3.22. The van der Waals surface area contributed by atoms with Crippen LogP contribution in [0.15, 0.2) is 82.8 Å². The van der Waals surface area contributed by atoms with Crippen LogP contribution in [0, 0.1) is 13.8 Å². The first-order chi connectivity index (χ1) is 19.7. The van der Waals surface area contributed by atoms with Crippen molar-refractivity contribution < 1.29 is 22.7 Å². The minimum absolute atomic E-state index is 0.0527. The molecule has 1 aliphatic rings. The molecule has 9 nitrogen and oxygen atoms in total. The van der Waals surface area contributed by atoms with E-state index in [2.05, 4.69) is 15.8 Å². The lowest BCUT2D eigenvalue weighted by molar-refractivity contribution is -0.124. The van der Waals surface area contributed by atoms with Gasteiger partial charge in [0, 0.05) is 6.04 Å². The zero-order valence-electron chi connectivity index (χ0n) is 23.4. The molecule has 216 valence electrons. The molecule has 41 heavy (non-hydrogen) atoms. The van der Waals surface area contributed by atoms with Crippen LogP contribution in [0.4, 0.5) is 5.69 Å². The number of nitrogens with one attached hydrogen (secondary N) is 2. The molecule has 0 radical (unpaired) electrons. The summed E-state index contributed by atoms with van der Waals surface area (Å²) in [6.07, 6.45) is 7.00. The van der Waals surface area contributed by atoms with Crippen LogP contribution in [-0.2, 0) is 19.6 Å². The molecule has 0 unspecified atom stereocenters. The normalized spacial score (nSPS) is 14.0. The SMILES string of the molecule is Cc1ccc(N(CC(=O)N/N=C\c2ccc(OCC(=O)NC3CCCCC3)cc2)S(=O)(=O)c2ccccc2)c(C)c1. The summed E-state index contributed by atoms with van der Waals surface area (Å²) in [4.78, 5) is 25.1. The number of carbonyl (C=O) groups is 2. The molecule has 3 aromatic carbocycles. The minimum Gasteiger partial charge on any atom is -0.484 e. The van der Waals surface area contributed by atoms with Crippen LogP contribution in [0.3, 0.4) is 0 Å². The fraction of sp³-hybridized carbons (Fsp3) is 0.323. The Bertz CT molecular complexity index is 1470. The lowest BCUT2D eigenvalue weighted by Crippen LogP contribution is -2.40. The van der Waals surface area contributed by atoms with Gasteiger partial charge in [0.15, 0.2) is 6.61 Å². The number of carbonyl (C=O) groups excluding carboxylic acids is 2. The van der Waals surface area contributed by atoms with Crippen LogP contribution < -0.4 is 19.8 Å². The summed E-state index contributed by atoms with van der Waals surface area (Å²) in [5, 5.41) is 7.02. The maximum atomic E-state index is 13.5. The topological polar surface area (TPSA) is 117 Å². The molecule has 0 spiro atoms. The van der Waals surface area contributed by atoms with Gasteiger partial charge in [-0.1, -0.05) is 55.2 Å². The van der Waals surface area contributed by atoms with Crippen LogP contribution in [0.2, 0.25) is 0 Å². The summed E-state index contributed by atoms with van der Waals surface area (Å²) in [6, 6.07) is 20.5. The molecule has 4 rings (SSSR count). The van der Waals surface area contributed by atoms with Crippen molar-refractivity contribution in [2.75, 3.05) is 17.5 Å². The minimum atomic E-state index is -4.01. The number of aryl methyl sites for hydroxylation is 2. The Balaban J connectivity index is 1.35. The van der Waals surface area contributed by atoms with Crippen molar-refractivity contribution in [3.63, 3.8) is 0 Å². The third-order valence-electron chi connectivity index (χ3n) is 6.86. The first-order valence-corrected chi connectivity index (χ1v) is 15.2. The molecule has 10 heteroatoms. The average molecular weight is 577 g/mol. The van der Waals surface area contributed by atoms with Gasteiger partial charge in [-0.05, 0) is 80.3 Å². The number of hydrogen-bond donors (Lipinski definition) is 2. The first kappa shape index (κ1) is 29.8. The van der Waals surface area contributed by atoms with Gasteiger partial charge in [-0.2, -0.15) is 5.10 Å². The molecule has 1 saturated carbocycles. The molecule has 0 bridgehead atoms. The van der Waals surface area contributed by atoms with Crippen LogP contribution in [0.5, 0.6) is 5.75 Å². The molecule has 2 amide bonds. The number of benzene rings is 3. The van der Waals surface area contributed by atoms with Gasteiger partial charge in [-0.15, -0.1) is 0 Å². The van der Waals surface area contributed by atoms with Gasteiger partial charge in [-0.25, -0.2) is 13.8 Å². The number of amides is 2. The summed E-state index contributed by atoms with van der Waals surface area (Å²) in [5.74, 6) is -0.181. The highest BCUT2D eigenvalue weighted by molar-refractivity contribution is 7.92. The second-order valence-electron chi connectivity index (χ2n) is 10.2. The number of ether oxygens (including phenoxy) is 1. The van der Waals surface area contributed by atoms with Gasteiger partial charge >= 0.3 is 0 Å². The zero-order chi connectivity index (χ0) is 29.2. The Morgan fingerprint density at radius 1 is 0.951 bits per heavy atom. The van der Waals surface area contributed by atoms with Crippen LogP contribution in [-0.4, -0.2) is 45.6 Å². The van der Waals surface area contributed by atoms with E-state index in [1.54, 1.807) is 48.5 Å². The van der Waals surface area contributed by atoms with Gasteiger partial charge < -0.3 is 10.1 Å². The third-order valence-corrected chi connectivity index (χ3v) is 8.64. The predicted octanol–water partition coefficient (Wildman–Crippen LogP) is 4.48. The number of rotatable bonds is 11. The van der Waals surface area contributed by atoms with E-state index in [-0.39, 0.29) is 23.5 Å². The molecule has 0 aromatic heterocycles. The Kier molecular flexibility index (Phi) is 10.1. The van der Waals surface area contributed by atoms with Crippen LogP contribution in [0.25, 0.3) is 0 Å². The Labute approximate surface area is 241 Å². The molecule has 1 fully saturated rings. The lowest BCUT2D eigenvalue weighted by atomic mass is 9.95. The molecule has 0 heterocycles. The second kappa shape index (κ2) is 13.9. The lowest BCUT2D eigenvalue weighted by Gasteiger charge is -2.25. The van der Waals surface area contributed by atoms with Gasteiger partial charge in [0.2, 0.25) is 0 Å². The average Bonchev–Trinajstić information content (AvgIpc) is 2.97. The number of hydrazone groups is 1. The molecule has 1 aliphatic carbocycles. The highest BCUT2D eigenvalue weighted by Crippen LogP contribution is 2.27. The van der Waals surface area contributed by atoms with E-state index in [4.69, 9.17) is 4.74 Å². The fourth-order valence-corrected chi connectivity index (χ4v) is 6.27. The Morgan fingerprint density at radius 2 is 1.66 bits per heavy atom. The fourth-order valence-electron chi connectivity index (χ4n) is 4.76. The van der Waals surface area contributed by atoms with Crippen molar-refractivity contribution in [2.24, 2.45) is 5.10 Å². The van der Waals surface area contributed by atoms with E-state index >= 15 is 0 Å². The molecular weight excluding hydrogens is 540 g/mol. The number of hydrogen-bond acceptors (Lipinski definition) is 6. The summed E-state index contributed by atoms with van der Waals surface area (Å²) < 4.78 is 33.7. The van der Waals surface area contributed by atoms with Crippen LogP contribution >= 0.6 is 0 Å². The smallest absolute Gasteiger partial charge is 0.264 e. The Morgan fingerprint density at radius 3 is 2.34 bits per heavy atom. The molecular formula is C31H36N4O5S. The quantitative estimate of drug-likeness (QED) is 0.258. The molecule has 0 aliphatic heterocycles. The summed E-state index contributed by atoms with van der Waals surface area (Å²) in [5.41, 5.74) is 5.24. The van der Waals surface area contributed by atoms with Gasteiger partial charge in [-0.3, -0.25) is 13.9 Å².